The molecule has 5 rings (SSSR count). The normalized spacial score (nSPS) is 18.7. The third-order valence-corrected chi connectivity index (χ3v) is 6.02. The number of aryl methyl sites for hydroxylation is 2. The van der Waals surface area contributed by atoms with Crippen molar-refractivity contribution >= 4 is 22.8 Å². The number of aliphatic imine (C=N–C) groups is 1. The fourth-order valence-corrected chi connectivity index (χ4v) is 4.27. The van der Waals surface area contributed by atoms with Gasteiger partial charge >= 0.3 is 6.61 Å². The smallest absolute Gasteiger partial charge is 0.387 e. The topological polar surface area (TPSA) is 67.7 Å². The van der Waals surface area contributed by atoms with Gasteiger partial charge < -0.3 is 9.64 Å². The third kappa shape index (κ3) is 3.37. The van der Waals surface area contributed by atoms with E-state index in [4.69, 9.17) is 4.99 Å². The van der Waals surface area contributed by atoms with Gasteiger partial charge in [-0.1, -0.05) is 12.1 Å². The molecule has 6 nitrogen and oxygen atoms in total. The summed E-state index contributed by atoms with van der Waals surface area (Å²) in [5.74, 6) is 0.0894. The molecule has 0 spiro atoms. The maximum absolute atomic E-state index is 12.5. The van der Waals surface area contributed by atoms with Crippen LogP contribution in [0.5, 0.6) is 5.75 Å². The predicted molar refractivity (Wildman–Crippen MR) is 117 cm³/mol. The van der Waals surface area contributed by atoms with Gasteiger partial charge in [0.1, 0.15) is 5.75 Å². The van der Waals surface area contributed by atoms with Crippen LogP contribution in [-0.2, 0) is 0 Å². The first kappa shape index (κ1) is 20.1. The number of hydrogen-bond acceptors (Lipinski definition) is 5. The Kier molecular flexibility index (Phi) is 4.65. The second kappa shape index (κ2) is 7.40. The van der Waals surface area contributed by atoms with Crippen molar-refractivity contribution in [2.75, 3.05) is 4.90 Å². The van der Waals surface area contributed by atoms with Crippen LogP contribution in [0.1, 0.15) is 28.3 Å². The van der Waals surface area contributed by atoms with E-state index in [1.54, 1.807) is 24.3 Å². The summed E-state index contributed by atoms with van der Waals surface area (Å²) in [5.41, 5.74) is 6.78. The Labute approximate surface area is 182 Å². The van der Waals surface area contributed by atoms with Crippen molar-refractivity contribution in [1.29, 1.82) is 0 Å². The number of rotatable bonds is 5. The number of benzene rings is 3. The van der Waals surface area contributed by atoms with Crippen LogP contribution in [-0.4, -0.2) is 23.3 Å². The molecule has 0 aliphatic carbocycles. The Morgan fingerprint density at radius 3 is 2.28 bits per heavy atom. The Morgan fingerprint density at radius 2 is 1.66 bits per heavy atom. The lowest BCUT2D eigenvalue weighted by Crippen LogP contribution is -2.17. The molecule has 2 atom stereocenters. The molecule has 0 N–H and O–H groups in total. The highest BCUT2D eigenvalue weighted by molar-refractivity contribution is 6.14. The average molecular weight is 435 g/mol. The first-order chi connectivity index (χ1) is 15.3. The van der Waals surface area contributed by atoms with E-state index in [1.165, 1.54) is 24.3 Å². The number of nitro benzene ring substituents is 1. The van der Waals surface area contributed by atoms with E-state index in [-0.39, 0.29) is 23.5 Å². The van der Waals surface area contributed by atoms with Gasteiger partial charge in [0, 0.05) is 12.1 Å². The minimum absolute atomic E-state index is 0.0186. The maximum atomic E-state index is 12.5. The quantitative estimate of drug-likeness (QED) is 0.285. The minimum atomic E-state index is -2.88. The van der Waals surface area contributed by atoms with Gasteiger partial charge in [0.25, 0.3) is 5.69 Å². The molecule has 1 saturated heterocycles. The molecule has 3 aromatic carbocycles. The van der Waals surface area contributed by atoms with Crippen molar-refractivity contribution < 1.29 is 18.4 Å². The summed E-state index contributed by atoms with van der Waals surface area (Å²) >= 11 is 0. The van der Waals surface area contributed by atoms with E-state index < -0.39 is 11.5 Å². The Hall–Kier alpha value is -3.81. The first-order valence-corrected chi connectivity index (χ1v) is 10.1. The molecule has 2 aliphatic heterocycles. The van der Waals surface area contributed by atoms with E-state index in [0.717, 1.165) is 39.3 Å². The van der Waals surface area contributed by atoms with Crippen molar-refractivity contribution in [2.45, 2.75) is 32.5 Å². The standard InChI is InChI=1S/C24H19F2N3O3/c1-13-11-19-20(12-14(13)2)28-22(16-3-7-17(8-4-16)29(30)31)23(28)21(27-19)15-5-9-18(10-6-15)32-24(25)26/h3-12,22-24H,1-2H3/t22-,23-,28?/m1/s1. The number of halogens is 2. The summed E-state index contributed by atoms with van der Waals surface area (Å²) in [6.07, 6.45) is 0. The molecule has 2 aliphatic rings. The lowest BCUT2D eigenvalue weighted by atomic mass is 10.0. The van der Waals surface area contributed by atoms with Gasteiger partial charge in [-0.15, -0.1) is 0 Å². The van der Waals surface area contributed by atoms with Gasteiger partial charge in [0.15, 0.2) is 0 Å². The monoisotopic (exact) mass is 435 g/mol. The average Bonchev–Trinajstić information content (AvgIpc) is 3.50. The molecule has 0 saturated carbocycles. The lowest BCUT2D eigenvalue weighted by Gasteiger charge is -2.19. The van der Waals surface area contributed by atoms with Crippen molar-refractivity contribution in [2.24, 2.45) is 4.99 Å². The zero-order valence-corrected chi connectivity index (χ0v) is 17.3. The van der Waals surface area contributed by atoms with Crippen LogP contribution in [0.15, 0.2) is 65.7 Å². The van der Waals surface area contributed by atoms with Gasteiger partial charge in [-0.3, -0.25) is 10.1 Å². The van der Waals surface area contributed by atoms with Gasteiger partial charge in [0.05, 0.1) is 34.1 Å². The van der Waals surface area contributed by atoms with E-state index >= 15 is 0 Å². The lowest BCUT2D eigenvalue weighted by molar-refractivity contribution is -0.384. The molecule has 32 heavy (non-hydrogen) atoms. The van der Waals surface area contributed by atoms with Crippen molar-refractivity contribution in [3.63, 3.8) is 0 Å². The minimum Gasteiger partial charge on any atom is -0.435 e. The van der Waals surface area contributed by atoms with Gasteiger partial charge in [-0.25, -0.2) is 4.99 Å². The summed E-state index contributed by atoms with van der Waals surface area (Å²) < 4.78 is 29.5. The zero-order chi connectivity index (χ0) is 22.6. The Bertz CT molecular complexity index is 1240. The van der Waals surface area contributed by atoms with Crippen molar-refractivity contribution in [3.8, 4) is 5.75 Å². The number of ether oxygens (including phenoxy) is 1. The number of fused-ring (bicyclic) bond motifs is 3. The van der Waals surface area contributed by atoms with Crippen LogP contribution in [0.3, 0.4) is 0 Å². The second-order valence-corrected chi connectivity index (χ2v) is 7.97. The molecule has 0 amide bonds. The number of non-ortho nitro benzene ring substituents is 1. The Morgan fingerprint density at radius 1 is 1.00 bits per heavy atom. The van der Waals surface area contributed by atoms with Crippen LogP contribution in [0, 0.1) is 24.0 Å². The number of hydrogen-bond donors (Lipinski definition) is 0. The molecule has 2 heterocycles. The second-order valence-electron chi connectivity index (χ2n) is 7.97. The van der Waals surface area contributed by atoms with Crippen LogP contribution >= 0.6 is 0 Å². The number of nitrogens with zero attached hydrogens (tertiary/aromatic N) is 3. The first-order valence-electron chi connectivity index (χ1n) is 10.1. The highest BCUT2D eigenvalue weighted by Crippen LogP contribution is 2.55. The molecule has 0 unspecified atom stereocenters. The molecule has 1 fully saturated rings. The molecular weight excluding hydrogens is 416 g/mol. The molecule has 0 radical (unpaired) electrons. The molecule has 0 bridgehead atoms. The molecular formula is C24H19F2N3O3. The van der Waals surface area contributed by atoms with Crippen LogP contribution < -0.4 is 9.64 Å². The van der Waals surface area contributed by atoms with Crippen LogP contribution in [0.25, 0.3) is 0 Å². The molecule has 3 aromatic rings. The van der Waals surface area contributed by atoms with Crippen molar-refractivity contribution in [3.05, 3.63) is 93.0 Å². The number of anilines is 1. The highest BCUT2D eigenvalue weighted by Gasteiger charge is 2.54. The van der Waals surface area contributed by atoms with E-state index in [2.05, 4.69) is 22.6 Å². The van der Waals surface area contributed by atoms with Crippen LogP contribution in [0.2, 0.25) is 0 Å². The SMILES string of the molecule is Cc1cc2c(cc1C)N1[C@H](C(c3ccc(OC(F)F)cc3)=N2)[C@H]1c1ccc([N+](=O)[O-])cc1. The van der Waals surface area contributed by atoms with E-state index in [1.807, 2.05) is 13.0 Å². The van der Waals surface area contributed by atoms with E-state index in [9.17, 15) is 18.9 Å². The fourth-order valence-electron chi connectivity index (χ4n) is 4.27. The van der Waals surface area contributed by atoms with E-state index in [0.29, 0.717) is 0 Å². The van der Waals surface area contributed by atoms with Crippen molar-refractivity contribution in [1.82, 2.24) is 0 Å². The van der Waals surface area contributed by atoms with Gasteiger partial charge in [-0.2, -0.15) is 8.78 Å². The highest BCUT2D eigenvalue weighted by atomic mass is 19.3. The predicted octanol–water partition coefficient (Wildman–Crippen LogP) is 5.88. The summed E-state index contributed by atoms with van der Waals surface area (Å²) in [6.45, 7) is 1.20. The third-order valence-electron chi connectivity index (χ3n) is 6.02. The largest absolute Gasteiger partial charge is 0.435 e. The summed E-state index contributed by atoms with van der Waals surface area (Å²) in [6, 6.07) is 17.1. The van der Waals surface area contributed by atoms with Gasteiger partial charge in [-0.05, 0) is 72.5 Å². The summed E-state index contributed by atoms with van der Waals surface area (Å²) in [5, 5.41) is 11.0. The number of nitro groups is 1. The Balaban J connectivity index is 1.56. The fraction of sp³-hybridized carbons (Fsp3) is 0.208. The maximum Gasteiger partial charge on any atom is 0.387 e. The number of alkyl halides is 2. The summed E-state index contributed by atoms with van der Waals surface area (Å²) in [7, 11) is 0. The molecule has 0 aromatic heterocycles. The summed E-state index contributed by atoms with van der Waals surface area (Å²) in [4.78, 5) is 17.8. The molecule has 8 heteroatoms. The van der Waals surface area contributed by atoms with Crippen LogP contribution in [0.4, 0.5) is 25.8 Å². The zero-order valence-electron chi connectivity index (χ0n) is 17.3. The van der Waals surface area contributed by atoms with Gasteiger partial charge in [0.2, 0.25) is 0 Å². The molecule has 162 valence electrons.